The second-order valence-electron chi connectivity index (χ2n) is 2.24. The van der Waals surface area contributed by atoms with E-state index in [1.807, 2.05) is 0 Å². The number of halogens is 1. The van der Waals surface area contributed by atoms with Gasteiger partial charge in [0.2, 0.25) is 0 Å². The Labute approximate surface area is 79.5 Å². The highest BCUT2D eigenvalue weighted by molar-refractivity contribution is 6.31. The van der Waals surface area contributed by atoms with Gasteiger partial charge in [-0.1, -0.05) is 22.8 Å². The van der Waals surface area contributed by atoms with E-state index < -0.39 is 0 Å². The molecule has 0 heterocycles. The van der Waals surface area contributed by atoms with Crippen molar-refractivity contribution in [3.63, 3.8) is 0 Å². The zero-order chi connectivity index (χ0) is 9.68. The van der Waals surface area contributed by atoms with Crippen molar-refractivity contribution in [1.29, 1.82) is 5.53 Å². The molecule has 13 heavy (non-hydrogen) atoms. The van der Waals surface area contributed by atoms with Crippen LogP contribution in [-0.2, 0) is 6.54 Å². The van der Waals surface area contributed by atoms with E-state index in [2.05, 4.69) is 15.1 Å². The zero-order valence-electron chi connectivity index (χ0n) is 6.61. The summed E-state index contributed by atoms with van der Waals surface area (Å²) in [6, 6.07) is 4.99. The Morgan fingerprint density at radius 2 is 2.31 bits per heavy atom. The van der Waals surface area contributed by atoms with Crippen molar-refractivity contribution in [2.24, 2.45) is 10.2 Å². The van der Waals surface area contributed by atoms with Gasteiger partial charge in [0, 0.05) is 15.5 Å². The second kappa shape index (κ2) is 4.45. The Hall–Kier alpha value is -1.58. The Balaban J connectivity index is 3.14. The summed E-state index contributed by atoms with van der Waals surface area (Å²) in [5, 5.41) is 7.09. The molecule has 6 heteroatoms. The van der Waals surface area contributed by atoms with Gasteiger partial charge in [0.1, 0.15) is 0 Å². The normalized spacial score (nSPS) is 9.00. The average Bonchev–Trinajstić information content (AvgIpc) is 2.15. The van der Waals surface area contributed by atoms with Crippen LogP contribution in [0.5, 0.6) is 0 Å². The van der Waals surface area contributed by atoms with Gasteiger partial charge in [-0.15, -0.1) is 0 Å². The summed E-state index contributed by atoms with van der Waals surface area (Å²) in [6.07, 6.45) is 0. The van der Waals surface area contributed by atoms with E-state index in [-0.39, 0.29) is 6.54 Å². The summed E-state index contributed by atoms with van der Waals surface area (Å²) in [5.41, 5.74) is 16.0. The molecule has 66 valence electrons. The minimum Gasteiger partial charge on any atom is -0.204 e. The predicted molar refractivity (Wildman–Crippen MR) is 49.1 cm³/mol. The molecule has 0 amide bonds. The van der Waals surface area contributed by atoms with Crippen molar-refractivity contribution >= 4 is 17.3 Å². The number of rotatable bonds is 3. The van der Waals surface area contributed by atoms with E-state index in [1.54, 1.807) is 18.2 Å². The minimum atomic E-state index is 0.119. The fourth-order valence-corrected chi connectivity index (χ4v) is 1.14. The van der Waals surface area contributed by atoms with E-state index in [9.17, 15) is 0 Å². The van der Waals surface area contributed by atoms with E-state index in [0.29, 0.717) is 16.3 Å². The number of nitrogens with zero attached hydrogens (tertiary/aromatic N) is 4. The van der Waals surface area contributed by atoms with Gasteiger partial charge in [-0.05, 0) is 17.7 Å². The zero-order valence-corrected chi connectivity index (χ0v) is 7.36. The first kappa shape index (κ1) is 9.51. The molecule has 0 radical (unpaired) electrons. The molecule has 0 bridgehead atoms. The molecule has 0 aromatic heterocycles. The molecule has 0 aliphatic heterocycles. The van der Waals surface area contributed by atoms with Crippen molar-refractivity contribution < 1.29 is 0 Å². The van der Waals surface area contributed by atoms with Gasteiger partial charge >= 0.3 is 0 Å². The fraction of sp³-hybridized carbons (Fsp3) is 0.143. The molecule has 0 fully saturated rings. The molecular weight excluding hydrogens is 190 g/mol. The predicted octanol–water partition coefficient (Wildman–Crippen LogP) is 3.81. The van der Waals surface area contributed by atoms with Crippen molar-refractivity contribution in [2.75, 3.05) is 0 Å². The number of hydrogen-bond acceptors (Lipinski definition) is 3. The van der Waals surface area contributed by atoms with Crippen LogP contribution in [0.2, 0.25) is 5.02 Å². The second-order valence-corrected chi connectivity index (χ2v) is 2.65. The molecule has 0 spiro atoms. The maximum atomic E-state index is 8.12. The van der Waals surface area contributed by atoms with Gasteiger partial charge in [0.15, 0.2) is 0 Å². The lowest BCUT2D eigenvalue weighted by molar-refractivity contribution is 1.02. The molecule has 0 aliphatic rings. The Morgan fingerprint density at radius 1 is 1.54 bits per heavy atom. The van der Waals surface area contributed by atoms with Crippen molar-refractivity contribution in [1.82, 2.24) is 0 Å². The van der Waals surface area contributed by atoms with Gasteiger partial charge in [-0.2, -0.15) is 5.11 Å². The number of nitrogens with one attached hydrogen (secondary N) is 1. The monoisotopic (exact) mass is 195 g/mol. The van der Waals surface area contributed by atoms with Crippen LogP contribution in [0, 0.1) is 5.53 Å². The lowest BCUT2D eigenvalue weighted by Gasteiger charge is -2.02. The molecular formula is C7H6ClN5. The SMILES string of the molecule is [N-]=[N+]=NCc1c(Cl)cccc1N=N. The Bertz CT molecular complexity index is 369. The van der Waals surface area contributed by atoms with E-state index >= 15 is 0 Å². The lowest BCUT2D eigenvalue weighted by atomic mass is 10.2. The average molecular weight is 196 g/mol. The molecule has 0 saturated heterocycles. The van der Waals surface area contributed by atoms with Crippen LogP contribution in [0.3, 0.4) is 0 Å². The summed E-state index contributed by atoms with van der Waals surface area (Å²) < 4.78 is 0. The quantitative estimate of drug-likeness (QED) is 0.432. The largest absolute Gasteiger partial charge is 0.204 e. The lowest BCUT2D eigenvalue weighted by Crippen LogP contribution is -1.82. The van der Waals surface area contributed by atoms with Crippen LogP contribution in [-0.4, -0.2) is 0 Å². The maximum Gasteiger partial charge on any atom is 0.0898 e. The third kappa shape index (κ3) is 2.18. The first-order chi connectivity index (χ1) is 6.29. The molecule has 0 unspecified atom stereocenters. The number of hydrogen-bond donors (Lipinski definition) is 1. The molecule has 1 aromatic rings. The van der Waals surface area contributed by atoms with Crippen LogP contribution in [0.4, 0.5) is 5.69 Å². The molecule has 1 aromatic carbocycles. The Morgan fingerprint density at radius 3 is 2.92 bits per heavy atom. The maximum absolute atomic E-state index is 8.12. The third-order valence-corrected chi connectivity index (χ3v) is 1.86. The summed E-state index contributed by atoms with van der Waals surface area (Å²) in [7, 11) is 0. The Kier molecular flexibility index (Phi) is 3.25. The molecule has 1 rings (SSSR count). The third-order valence-electron chi connectivity index (χ3n) is 1.51. The minimum absolute atomic E-state index is 0.119. The summed E-state index contributed by atoms with van der Waals surface area (Å²) in [6.45, 7) is 0.119. The summed E-state index contributed by atoms with van der Waals surface area (Å²) >= 11 is 5.82. The van der Waals surface area contributed by atoms with Crippen LogP contribution in [0.25, 0.3) is 10.4 Å². The first-order valence-corrected chi connectivity index (χ1v) is 3.83. The fourth-order valence-electron chi connectivity index (χ4n) is 0.911. The first-order valence-electron chi connectivity index (χ1n) is 3.45. The highest BCUT2D eigenvalue weighted by Crippen LogP contribution is 2.27. The van der Waals surface area contributed by atoms with Gasteiger partial charge in [0.05, 0.1) is 12.2 Å². The van der Waals surface area contributed by atoms with Crippen LogP contribution < -0.4 is 0 Å². The van der Waals surface area contributed by atoms with Gasteiger partial charge in [0.25, 0.3) is 0 Å². The highest BCUT2D eigenvalue weighted by Gasteiger charge is 2.04. The molecule has 0 aliphatic carbocycles. The molecule has 1 N–H and O–H groups in total. The van der Waals surface area contributed by atoms with E-state index in [4.69, 9.17) is 22.7 Å². The highest BCUT2D eigenvalue weighted by atomic mass is 35.5. The summed E-state index contributed by atoms with van der Waals surface area (Å²) in [5.74, 6) is 0. The van der Waals surface area contributed by atoms with Crippen LogP contribution >= 0.6 is 11.6 Å². The van der Waals surface area contributed by atoms with Crippen molar-refractivity contribution in [3.05, 3.63) is 39.2 Å². The molecule has 5 nitrogen and oxygen atoms in total. The van der Waals surface area contributed by atoms with Gasteiger partial charge in [-0.3, -0.25) is 0 Å². The number of benzene rings is 1. The van der Waals surface area contributed by atoms with E-state index in [0.717, 1.165) is 0 Å². The van der Waals surface area contributed by atoms with Gasteiger partial charge in [-0.25, -0.2) is 5.53 Å². The van der Waals surface area contributed by atoms with Gasteiger partial charge < -0.3 is 0 Å². The molecule has 0 saturated carbocycles. The smallest absolute Gasteiger partial charge is 0.0898 e. The molecule has 0 atom stereocenters. The summed E-state index contributed by atoms with van der Waals surface area (Å²) in [4.78, 5) is 2.61. The van der Waals surface area contributed by atoms with E-state index in [1.165, 1.54) is 0 Å². The van der Waals surface area contributed by atoms with Crippen LogP contribution in [0.1, 0.15) is 5.56 Å². The van der Waals surface area contributed by atoms with Crippen molar-refractivity contribution in [2.45, 2.75) is 6.54 Å². The standard InChI is InChI=1S/C7H6ClN5/c8-6-2-1-3-7(12-9)5(6)4-11-13-10/h1-3,9H,4H2. The van der Waals surface area contributed by atoms with Crippen LogP contribution in [0.15, 0.2) is 28.4 Å². The topological polar surface area (TPSA) is 85.0 Å². The number of azide groups is 1. The van der Waals surface area contributed by atoms with Crippen molar-refractivity contribution in [3.8, 4) is 0 Å².